The largest absolute Gasteiger partial charge is 0.379 e. The molecule has 0 unspecified atom stereocenters. The summed E-state index contributed by atoms with van der Waals surface area (Å²) in [7, 11) is -3.57. The summed E-state index contributed by atoms with van der Waals surface area (Å²) in [5, 5.41) is 13.6. The van der Waals surface area contributed by atoms with Gasteiger partial charge in [0.15, 0.2) is 0 Å². The summed E-state index contributed by atoms with van der Waals surface area (Å²) in [5.41, 5.74) is 1.52. The van der Waals surface area contributed by atoms with Crippen LogP contribution in [0.3, 0.4) is 0 Å². The van der Waals surface area contributed by atoms with E-state index in [9.17, 15) is 23.3 Å². The maximum absolute atomic E-state index is 12.7. The van der Waals surface area contributed by atoms with Crippen molar-refractivity contribution in [1.29, 1.82) is 0 Å². The Morgan fingerprint density at radius 1 is 0.941 bits per heavy atom. The molecule has 0 spiro atoms. The van der Waals surface area contributed by atoms with E-state index in [0.29, 0.717) is 58.2 Å². The van der Waals surface area contributed by atoms with Crippen molar-refractivity contribution in [1.82, 2.24) is 9.21 Å². The monoisotopic (exact) mass is 489 g/mol. The zero-order valence-electron chi connectivity index (χ0n) is 18.6. The number of hydrogen-bond acceptors (Lipinski definition) is 8. The Kier molecular flexibility index (Phi) is 7.41. The fraction of sp³-hybridized carbons (Fsp3) is 0.409. The van der Waals surface area contributed by atoms with E-state index in [-0.39, 0.29) is 23.0 Å². The SMILES string of the molecule is O=C(CN1CCN(c2ccc([N+](=O)[O-])cc2)CC1)Nc1ccc(S(=O)(=O)N2CCOCC2)cc1. The predicted molar refractivity (Wildman–Crippen MR) is 126 cm³/mol. The van der Waals surface area contributed by atoms with Gasteiger partial charge in [-0.2, -0.15) is 4.31 Å². The lowest BCUT2D eigenvalue weighted by atomic mass is 10.2. The van der Waals surface area contributed by atoms with E-state index >= 15 is 0 Å². The van der Waals surface area contributed by atoms with Crippen LogP contribution in [0.2, 0.25) is 0 Å². The third-order valence-corrected chi connectivity index (χ3v) is 7.82. The van der Waals surface area contributed by atoms with Crippen LogP contribution in [0.5, 0.6) is 0 Å². The number of nitrogens with one attached hydrogen (secondary N) is 1. The maximum Gasteiger partial charge on any atom is 0.269 e. The third kappa shape index (κ3) is 5.70. The Bertz CT molecular complexity index is 1110. The Labute approximate surface area is 198 Å². The third-order valence-electron chi connectivity index (χ3n) is 5.91. The molecule has 2 aliphatic heterocycles. The van der Waals surface area contributed by atoms with Gasteiger partial charge in [0, 0.05) is 62.8 Å². The van der Waals surface area contributed by atoms with Gasteiger partial charge in [-0.1, -0.05) is 0 Å². The number of rotatable bonds is 7. The van der Waals surface area contributed by atoms with Gasteiger partial charge in [-0.15, -0.1) is 0 Å². The minimum Gasteiger partial charge on any atom is -0.379 e. The summed E-state index contributed by atoms with van der Waals surface area (Å²) in [6, 6.07) is 12.7. The number of amides is 1. The molecule has 0 atom stereocenters. The summed E-state index contributed by atoms with van der Waals surface area (Å²) >= 11 is 0. The molecule has 12 heteroatoms. The number of anilines is 2. The number of nitro groups is 1. The van der Waals surface area contributed by atoms with E-state index < -0.39 is 14.9 Å². The molecule has 2 aromatic carbocycles. The number of ether oxygens (including phenoxy) is 1. The number of morpholine rings is 1. The number of carbonyl (C=O) groups excluding carboxylic acids is 1. The quantitative estimate of drug-likeness (QED) is 0.457. The summed E-state index contributed by atoms with van der Waals surface area (Å²) in [5.74, 6) is -0.174. The van der Waals surface area contributed by atoms with Crippen molar-refractivity contribution in [3.05, 3.63) is 58.6 Å². The maximum atomic E-state index is 12.7. The summed E-state index contributed by atoms with van der Waals surface area (Å²) in [6.45, 7) is 4.43. The van der Waals surface area contributed by atoms with Crippen LogP contribution in [0.15, 0.2) is 53.4 Å². The molecule has 2 fully saturated rings. The molecule has 0 saturated carbocycles. The number of piperazine rings is 1. The molecule has 182 valence electrons. The van der Waals surface area contributed by atoms with E-state index in [4.69, 9.17) is 4.74 Å². The second-order valence-corrected chi connectivity index (χ2v) is 10.1. The lowest BCUT2D eigenvalue weighted by Gasteiger charge is -2.35. The molecule has 0 bridgehead atoms. The van der Waals surface area contributed by atoms with Crippen LogP contribution in [0, 0.1) is 10.1 Å². The topological polar surface area (TPSA) is 125 Å². The normalized spacial score (nSPS) is 17.9. The van der Waals surface area contributed by atoms with Crippen LogP contribution < -0.4 is 10.2 Å². The summed E-state index contributed by atoms with van der Waals surface area (Å²) < 4.78 is 32.0. The van der Waals surface area contributed by atoms with Crippen LogP contribution in [-0.4, -0.2) is 87.5 Å². The Morgan fingerprint density at radius 3 is 2.15 bits per heavy atom. The Balaban J connectivity index is 1.26. The summed E-state index contributed by atoms with van der Waals surface area (Å²) in [4.78, 5) is 27.2. The molecule has 1 amide bonds. The lowest BCUT2D eigenvalue weighted by molar-refractivity contribution is -0.384. The van der Waals surface area contributed by atoms with Crippen molar-refractivity contribution >= 4 is 33.0 Å². The van der Waals surface area contributed by atoms with Crippen molar-refractivity contribution in [3.8, 4) is 0 Å². The molecule has 2 heterocycles. The highest BCUT2D eigenvalue weighted by Crippen LogP contribution is 2.21. The van der Waals surface area contributed by atoms with Crippen molar-refractivity contribution in [2.45, 2.75) is 4.90 Å². The zero-order valence-corrected chi connectivity index (χ0v) is 19.4. The second-order valence-electron chi connectivity index (χ2n) is 8.13. The van der Waals surface area contributed by atoms with Gasteiger partial charge < -0.3 is 15.0 Å². The van der Waals surface area contributed by atoms with Crippen molar-refractivity contribution in [2.75, 3.05) is 69.2 Å². The van der Waals surface area contributed by atoms with Crippen LogP contribution in [0.4, 0.5) is 17.1 Å². The molecule has 0 aliphatic carbocycles. The van der Waals surface area contributed by atoms with Gasteiger partial charge in [0.1, 0.15) is 0 Å². The van der Waals surface area contributed by atoms with Crippen LogP contribution in [-0.2, 0) is 19.6 Å². The molecule has 0 aromatic heterocycles. The molecule has 11 nitrogen and oxygen atoms in total. The van der Waals surface area contributed by atoms with Crippen LogP contribution in [0.1, 0.15) is 0 Å². The lowest BCUT2D eigenvalue weighted by Crippen LogP contribution is -2.48. The number of carbonyl (C=O) groups is 1. The number of sulfonamides is 1. The fourth-order valence-electron chi connectivity index (χ4n) is 4.00. The highest BCUT2D eigenvalue weighted by Gasteiger charge is 2.26. The van der Waals surface area contributed by atoms with Gasteiger partial charge >= 0.3 is 0 Å². The van der Waals surface area contributed by atoms with Crippen molar-refractivity contribution in [3.63, 3.8) is 0 Å². The molecule has 1 N–H and O–H groups in total. The first-order valence-corrected chi connectivity index (χ1v) is 12.5. The highest BCUT2D eigenvalue weighted by molar-refractivity contribution is 7.89. The smallest absolute Gasteiger partial charge is 0.269 e. The molecule has 34 heavy (non-hydrogen) atoms. The molecule has 2 saturated heterocycles. The first kappa shape index (κ1) is 24.1. The Morgan fingerprint density at radius 2 is 1.56 bits per heavy atom. The first-order chi connectivity index (χ1) is 16.3. The zero-order chi connectivity index (χ0) is 24.1. The van der Waals surface area contributed by atoms with Gasteiger partial charge in [-0.05, 0) is 36.4 Å². The molecule has 0 radical (unpaired) electrons. The van der Waals surface area contributed by atoms with E-state index in [1.807, 2.05) is 4.90 Å². The second kappa shape index (κ2) is 10.5. The minimum absolute atomic E-state index is 0.0609. The van der Waals surface area contributed by atoms with Crippen molar-refractivity contribution in [2.24, 2.45) is 0 Å². The Hall–Kier alpha value is -3.06. The number of nitro benzene ring substituents is 1. The number of non-ortho nitro benzene ring substituents is 1. The minimum atomic E-state index is -3.57. The van der Waals surface area contributed by atoms with Gasteiger partial charge in [-0.3, -0.25) is 19.8 Å². The first-order valence-electron chi connectivity index (χ1n) is 11.0. The van der Waals surface area contributed by atoms with E-state index in [2.05, 4.69) is 10.2 Å². The number of hydrogen-bond donors (Lipinski definition) is 1. The standard InChI is InChI=1S/C22H27N5O6S/c28-22(17-24-9-11-25(12-10-24)19-3-5-20(6-4-19)27(29)30)23-18-1-7-21(8-2-18)34(31,32)26-13-15-33-16-14-26/h1-8H,9-17H2,(H,23,28). The summed E-state index contributed by atoms with van der Waals surface area (Å²) in [6.07, 6.45) is 0. The van der Waals surface area contributed by atoms with Gasteiger partial charge in [-0.25, -0.2) is 8.42 Å². The number of benzene rings is 2. The average Bonchev–Trinajstić information content (AvgIpc) is 2.85. The highest BCUT2D eigenvalue weighted by atomic mass is 32.2. The average molecular weight is 490 g/mol. The molecule has 2 aliphatic rings. The molecular weight excluding hydrogens is 462 g/mol. The van der Waals surface area contributed by atoms with Crippen LogP contribution >= 0.6 is 0 Å². The fourth-order valence-corrected chi connectivity index (χ4v) is 5.41. The number of nitrogens with zero attached hydrogens (tertiary/aromatic N) is 4. The molecular formula is C22H27N5O6S. The molecule has 4 rings (SSSR count). The predicted octanol–water partition coefficient (Wildman–Crippen LogP) is 1.38. The van der Waals surface area contributed by atoms with E-state index in [0.717, 1.165) is 5.69 Å². The van der Waals surface area contributed by atoms with Gasteiger partial charge in [0.25, 0.3) is 5.69 Å². The van der Waals surface area contributed by atoms with Gasteiger partial charge in [0.05, 0.1) is 29.6 Å². The van der Waals surface area contributed by atoms with E-state index in [1.165, 1.54) is 28.6 Å². The van der Waals surface area contributed by atoms with Crippen LogP contribution in [0.25, 0.3) is 0 Å². The van der Waals surface area contributed by atoms with Crippen molar-refractivity contribution < 1.29 is 22.9 Å². The van der Waals surface area contributed by atoms with E-state index in [1.54, 1.807) is 24.3 Å². The van der Waals surface area contributed by atoms with Gasteiger partial charge in [0.2, 0.25) is 15.9 Å². The molecule has 2 aromatic rings.